The van der Waals surface area contributed by atoms with Crippen molar-refractivity contribution in [2.45, 2.75) is 45.6 Å². The summed E-state index contributed by atoms with van der Waals surface area (Å²) >= 11 is 0. The lowest BCUT2D eigenvalue weighted by atomic mass is 9.90. The Kier molecular flexibility index (Phi) is 5.53. The molecule has 0 aliphatic rings. The molecule has 0 spiro atoms. The van der Waals surface area contributed by atoms with Crippen LogP contribution < -0.4 is 11.5 Å². The maximum Gasteiger partial charge on any atom is 0.405 e. The number of carbonyl (C=O) groups is 1. The van der Waals surface area contributed by atoms with Crippen LogP contribution in [0.5, 0.6) is 0 Å². The van der Waals surface area contributed by atoms with Gasteiger partial charge in [-0.3, -0.25) is 0 Å². The fourth-order valence-corrected chi connectivity index (χ4v) is 1.72. The molecule has 0 saturated carbocycles. The monoisotopic (exact) mass is 202 g/mol. The molecule has 14 heavy (non-hydrogen) atoms. The quantitative estimate of drug-likeness (QED) is 0.687. The number of carbonyl (C=O) groups excluding carboxylic acids is 1. The van der Waals surface area contributed by atoms with E-state index in [0.29, 0.717) is 12.5 Å². The summed E-state index contributed by atoms with van der Waals surface area (Å²) in [5, 5.41) is 0. The van der Waals surface area contributed by atoms with Gasteiger partial charge in [0, 0.05) is 0 Å². The molecule has 0 bridgehead atoms. The summed E-state index contributed by atoms with van der Waals surface area (Å²) in [6.07, 6.45) is 2.19. The third kappa shape index (κ3) is 5.80. The predicted molar refractivity (Wildman–Crippen MR) is 56.8 cm³/mol. The lowest BCUT2D eigenvalue weighted by Gasteiger charge is -2.28. The number of hydrogen-bond acceptors (Lipinski definition) is 3. The molecule has 4 nitrogen and oxygen atoms in total. The van der Waals surface area contributed by atoms with Gasteiger partial charge in [0.2, 0.25) is 0 Å². The molecule has 0 rings (SSSR count). The first-order chi connectivity index (χ1) is 6.41. The van der Waals surface area contributed by atoms with E-state index in [1.165, 1.54) is 0 Å². The smallest absolute Gasteiger partial charge is 0.405 e. The first-order valence-electron chi connectivity index (χ1n) is 5.09. The van der Waals surface area contributed by atoms with E-state index in [-0.39, 0.29) is 0 Å². The lowest BCUT2D eigenvalue weighted by Crippen LogP contribution is -2.34. The van der Waals surface area contributed by atoms with Crippen LogP contribution in [0.15, 0.2) is 0 Å². The number of amides is 1. The molecule has 0 aliphatic carbocycles. The summed E-state index contributed by atoms with van der Waals surface area (Å²) in [5.74, 6) is 0.398. The number of ether oxygens (including phenoxy) is 1. The van der Waals surface area contributed by atoms with Crippen LogP contribution >= 0.6 is 0 Å². The zero-order chi connectivity index (χ0) is 11.2. The van der Waals surface area contributed by atoms with Gasteiger partial charge < -0.3 is 16.2 Å². The molecular formula is C10H22N2O2. The summed E-state index contributed by atoms with van der Waals surface area (Å²) < 4.78 is 5.00. The molecule has 1 amide bonds. The average Bonchev–Trinajstić information content (AvgIpc) is 2.00. The minimum atomic E-state index is -0.720. The first kappa shape index (κ1) is 13.2. The molecule has 0 heterocycles. The van der Waals surface area contributed by atoms with Crippen LogP contribution in [0.2, 0.25) is 0 Å². The SMILES string of the molecule is CCC[C@@H](CN)CC(C)(C)OC(N)=O. The minimum absolute atomic E-state index is 0.398. The fraction of sp³-hybridized carbons (Fsp3) is 0.900. The van der Waals surface area contributed by atoms with Gasteiger partial charge >= 0.3 is 6.09 Å². The Morgan fingerprint density at radius 2 is 2.07 bits per heavy atom. The Morgan fingerprint density at radius 1 is 1.50 bits per heavy atom. The summed E-state index contributed by atoms with van der Waals surface area (Å²) in [7, 11) is 0. The van der Waals surface area contributed by atoms with Gasteiger partial charge in [-0.25, -0.2) is 4.79 Å². The number of nitrogens with two attached hydrogens (primary N) is 2. The van der Waals surface area contributed by atoms with E-state index in [1.807, 2.05) is 13.8 Å². The fourth-order valence-electron chi connectivity index (χ4n) is 1.72. The van der Waals surface area contributed by atoms with Crippen LogP contribution in [0.3, 0.4) is 0 Å². The van der Waals surface area contributed by atoms with Crippen LogP contribution in [0.1, 0.15) is 40.0 Å². The van der Waals surface area contributed by atoms with Crippen molar-refractivity contribution in [3.63, 3.8) is 0 Å². The Morgan fingerprint density at radius 3 is 2.43 bits per heavy atom. The summed E-state index contributed by atoms with van der Waals surface area (Å²) in [6.45, 7) is 6.45. The van der Waals surface area contributed by atoms with Crippen molar-refractivity contribution in [1.29, 1.82) is 0 Å². The van der Waals surface area contributed by atoms with Gasteiger partial charge in [0.25, 0.3) is 0 Å². The third-order valence-corrected chi connectivity index (χ3v) is 2.19. The van der Waals surface area contributed by atoms with E-state index in [9.17, 15) is 4.79 Å². The van der Waals surface area contributed by atoms with Gasteiger partial charge in [-0.1, -0.05) is 13.3 Å². The highest BCUT2D eigenvalue weighted by Gasteiger charge is 2.25. The normalized spacial score (nSPS) is 13.7. The maximum atomic E-state index is 10.6. The second kappa shape index (κ2) is 5.86. The molecular weight excluding hydrogens is 180 g/mol. The Balaban J connectivity index is 4.09. The van der Waals surface area contributed by atoms with E-state index in [4.69, 9.17) is 16.2 Å². The van der Waals surface area contributed by atoms with E-state index < -0.39 is 11.7 Å². The molecule has 0 aromatic heterocycles. The highest BCUT2D eigenvalue weighted by Crippen LogP contribution is 2.22. The summed E-state index contributed by atoms with van der Waals surface area (Å²) in [4.78, 5) is 10.6. The average molecular weight is 202 g/mol. The highest BCUT2D eigenvalue weighted by atomic mass is 16.6. The topological polar surface area (TPSA) is 78.3 Å². The van der Waals surface area contributed by atoms with E-state index in [1.54, 1.807) is 0 Å². The summed E-state index contributed by atoms with van der Waals surface area (Å²) in [6, 6.07) is 0. The van der Waals surface area contributed by atoms with E-state index in [0.717, 1.165) is 19.3 Å². The molecule has 0 fully saturated rings. The standard InChI is InChI=1S/C10H22N2O2/c1-4-5-8(7-11)6-10(2,3)14-9(12)13/h8H,4-7,11H2,1-3H3,(H2,12,13)/t8-/m1/s1. The zero-order valence-electron chi connectivity index (χ0n) is 9.38. The molecule has 0 radical (unpaired) electrons. The van der Waals surface area contributed by atoms with Crippen molar-refractivity contribution >= 4 is 6.09 Å². The number of rotatable bonds is 6. The largest absolute Gasteiger partial charge is 0.444 e. The van der Waals surface area contributed by atoms with Crippen LogP contribution in [-0.4, -0.2) is 18.2 Å². The Bertz CT molecular complexity index is 181. The number of hydrogen-bond donors (Lipinski definition) is 2. The second-order valence-corrected chi connectivity index (χ2v) is 4.28. The minimum Gasteiger partial charge on any atom is -0.444 e. The molecule has 0 aliphatic heterocycles. The molecule has 1 atom stereocenters. The van der Waals surface area contributed by atoms with Crippen LogP contribution in [0.25, 0.3) is 0 Å². The van der Waals surface area contributed by atoms with E-state index >= 15 is 0 Å². The van der Waals surface area contributed by atoms with Crippen molar-refractivity contribution in [3.05, 3.63) is 0 Å². The highest BCUT2D eigenvalue weighted by molar-refractivity contribution is 5.65. The lowest BCUT2D eigenvalue weighted by molar-refractivity contribution is 0.0263. The molecule has 0 aromatic carbocycles. The summed E-state index contributed by atoms with van der Waals surface area (Å²) in [5.41, 5.74) is 10.1. The third-order valence-electron chi connectivity index (χ3n) is 2.19. The van der Waals surface area contributed by atoms with E-state index in [2.05, 4.69) is 6.92 Å². The molecule has 84 valence electrons. The van der Waals surface area contributed by atoms with Gasteiger partial charge in [0.05, 0.1) is 0 Å². The van der Waals surface area contributed by atoms with Crippen molar-refractivity contribution < 1.29 is 9.53 Å². The maximum absolute atomic E-state index is 10.6. The molecule has 0 unspecified atom stereocenters. The van der Waals surface area contributed by atoms with Gasteiger partial charge in [-0.2, -0.15) is 0 Å². The molecule has 0 aromatic rings. The van der Waals surface area contributed by atoms with Gasteiger partial charge in [0.1, 0.15) is 5.60 Å². The second-order valence-electron chi connectivity index (χ2n) is 4.28. The van der Waals surface area contributed by atoms with Gasteiger partial charge in [0.15, 0.2) is 0 Å². The predicted octanol–water partition coefficient (Wildman–Crippen LogP) is 1.63. The van der Waals surface area contributed by atoms with Crippen molar-refractivity contribution in [3.8, 4) is 0 Å². The Hall–Kier alpha value is -0.770. The Labute approximate surface area is 86.0 Å². The van der Waals surface area contributed by atoms with Crippen LogP contribution in [0.4, 0.5) is 4.79 Å². The van der Waals surface area contributed by atoms with Crippen molar-refractivity contribution in [2.24, 2.45) is 17.4 Å². The number of primary amides is 1. The van der Waals surface area contributed by atoms with Crippen LogP contribution in [-0.2, 0) is 4.74 Å². The first-order valence-corrected chi connectivity index (χ1v) is 5.09. The van der Waals surface area contributed by atoms with Crippen molar-refractivity contribution in [1.82, 2.24) is 0 Å². The zero-order valence-corrected chi connectivity index (χ0v) is 9.38. The van der Waals surface area contributed by atoms with Gasteiger partial charge in [-0.15, -0.1) is 0 Å². The van der Waals surface area contributed by atoms with Crippen molar-refractivity contribution in [2.75, 3.05) is 6.54 Å². The molecule has 4 N–H and O–H groups in total. The van der Waals surface area contributed by atoms with Gasteiger partial charge in [-0.05, 0) is 39.2 Å². The molecule has 0 saturated heterocycles. The molecule has 4 heteroatoms. The van der Waals surface area contributed by atoms with Crippen LogP contribution in [0, 0.1) is 5.92 Å².